The molecule has 1 saturated heterocycles. The zero-order chi connectivity index (χ0) is 21.9. The van der Waals surface area contributed by atoms with Gasteiger partial charge in [-0.15, -0.1) is 0 Å². The second-order valence-electron chi connectivity index (χ2n) is 8.88. The summed E-state index contributed by atoms with van der Waals surface area (Å²) in [6.45, 7) is 2.96. The van der Waals surface area contributed by atoms with Crippen LogP contribution in [0.1, 0.15) is 37.7 Å². The predicted molar refractivity (Wildman–Crippen MR) is 125 cm³/mol. The highest BCUT2D eigenvalue weighted by Gasteiger charge is 2.27. The summed E-state index contributed by atoms with van der Waals surface area (Å²) in [6.07, 6.45) is 7.24. The smallest absolute Gasteiger partial charge is 0.295 e. The van der Waals surface area contributed by atoms with E-state index in [1.54, 1.807) is 10.8 Å². The van der Waals surface area contributed by atoms with Crippen molar-refractivity contribution < 1.29 is 4.79 Å². The van der Waals surface area contributed by atoms with Crippen molar-refractivity contribution in [2.24, 2.45) is 5.92 Å². The Morgan fingerprint density at radius 3 is 2.47 bits per heavy atom. The Bertz CT molecular complexity index is 1150. The maximum Gasteiger partial charge on any atom is 0.295 e. The van der Waals surface area contributed by atoms with E-state index in [0.717, 1.165) is 5.56 Å². The first-order valence-corrected chi connectivity index (χ1v) is 11.6. The Hall–Kier alpha value is -3.22. The third-order valence-electron chi connectivity index (χ3n) is 6.74. The molecule has 2 fully saturated rings. The molecule has 3 heterocycles. The van der Waals surface area contributed by atoms with Gasteiger partial charge in [0.1, 0.15) is 5.52 Å². The van der Waals surface area contributed by atoms with Crippen molar-refractivity contribution in [2.75, 3.05) is 31.1 Å². The molecule has 0 unspecified atom stereocenters. The fourth-order valence-electron chi connectivity index (χ4n) is 4.94. The van der Waals surface area contributed by atoms with Crippen molar-refractivity contribution in [2.45, 2.75) is 38.6 Å². The molecular formula is C25H29N5O2. The Morgan fingerprint density at radius 1 is 0.969 bits per heavy atom. The van der Waals surface area contributed by atoms with Crippen LogP contribution >= 0.6 is 0 Å². The summed E-state index contributed by atoms with van der Waals surface area (Å²) in [5, 5.41) is 0. The summed E-state index contributed by atoms with van der Waals surface area (Å²) >= 11 is 0. The highest BCUT2D eigenvalue weighted by molar-refractivity contribution is 5.77. The minimum absolute atomic E-state index is 0.134. The molecule has 166 valence electrons. The second-order valence-corrected chi connectivity index (χ2v) is 8.88. The molecular weight excluding hydrogens is 402 g/mol. The van der Waals surface area contributed by atoms with Gasteiger partial charge in [-0.1, -0.05) is 43.2 Å². The van der Waals surface area contributed by atoms with E-state index in [0.29, 0.717) is 62.0 Å². The molecule has 1 aliphatic carbocycles. The van der Waals surface area contributed by atoms with Crippen LogP contribution in [0, 0.1) is 5.92 Å². The van der Waals surface area contributed by atoms with Crippen LogP contribution in [0.5, 0.6) is 0 Å². The van der Waals surface area contributed by atoms with Gasteiger partial charge in [-0.05, 0) is 36.5 Å². The van der Waals surface area contributed by atoms with E-state index >= 15 is 0 Å². The molecule has 0 N–H and O–H groups in total. The zero-order valence-electron chi connectivity index (χ0n) is 18.3. The molecule has 2 aromatic heterocycles. The maximum absolute atomic E-state index is 13.5. The first-order chi connectivity index (χ1) is 15.7. The molecule has 7 nitrogen and oxygen atoms in total. The average molecular weight is 432 g/mol. The number of anilines is 1. The molecule has 2 aliphatic rings. The lowest BCUT2D eigenvalue weighted by molar-refractivity contribution is -0.132. The SMILES string of the molecule is O=C(CC1CCCC1)N1CCN(c2nc3cccnc3n(Cc3ccccc3)c2=O)CC1. The Balaban J connectivity index is 1.37. The normalized spacial score (nSPS) is 17.2. The number of piperazine rings is 1. The highest BCUT2D eigenvalue weighted by atomic mass is 16.2. The molecule has 7 heteroatoms. The van der Waals surface area contributed by atoms with E-state index < -0.39 is 0 Å². The van der Waals surface area contributed by atoms with E-state index in [4.69, 9.17) is 0 Å². The summed E-state index contributed by atoms with van der Waals surface area (Å²) in [4.78, 5) is 39.3. The Labute approximate surface area is 187 Å². The molecule has 0 spiro atoms. The predicted octanol–water partition coefficient (Wildman–Crippen LogP) is 3.07. The number of hydrogen-bond donors (Lipinski definition) is 0. The first-order valence-electron chi connectivity index (χ1n) is 11.6. The lowest BCUT2D eigenvalue weighted by atomic mass is 10.0. The van der Waals surface area contributed by atoms with E-state index in [-0.39, 0.29) is 11.5 Å². The van der Waals surface area contributed by atoms with E-state index in [2.05, 4.69) is 9.97 Å². The number of amides is 1. The summed E-state index contributed by atoms with van der Waals surface area (Å²) in [5.41, 5.74) is 2.21. The van der Waals surface area contributed by atoms with Crippen LogP contribution in [-0.4, -0.2) is 51.5 Å². The number of pyridine rings is 1. The topological polar surface area (TPSA) is 71.3 Å². The molecule has 0 radical (unpaired) electrons. The summed E-state index contributed by atoms with van der Waals surface area (Å²) in [6, 6.07) is 13.7. The largest absolute Gasteiger partial charge is 0.348 e. The van der Waals surface area contributed by atoms with Gasteiger partial charge in [-0.3, -0.25) is 14.2 Å². The molecule has 1 saturated carbocycles. The number of aromatic nitrogens is 3. The first kappa shape index (κ1) is 20.7. The third-order valence-corrected chi connectivity index (χ3v) is 6.74. The molecule has 5 rings (SSSR count). The number of nitrogens with zero attached hydrogens (tertiary/aromatic N) is 5. The van der Waals surface area contributed by atoms with Crippen LogP contribution in [0.25, 0.3) is 11.2 Å². The Kier molecular flexibility index (Phi) is 5.88. The van der Waals surface area contributed by atoms with Crippen molar-refractivity contribution in [3.8, 4) is 0 Å². The van der Waals surface area contributed by atoms with Gasteiger partial charge < -0.3 is 9.80 Å². The summed E-state index contributed by atoms with van der Waals surface area (Å²) in [5.74, 6) is 1.26. The maximum atomic E-state index is 13.5. The lowest BCUT2D eigenvalue weighted by Crippen LogP contribution is -2.50. The van der Waals surface area contributed by atoms with Crippen LogP contribution in [0.2, 0.25) is 0 Å². The van der Waals surface area contributed by atoms with E-state index in [9.17, 15) is 9.59 Å². The van der Waals surface area contributed by atoms with Gasteiger partial charge in [-0.25, -0.2) is 9.97 Å². The quantitative estimate of drug-likeness (QED) is 0.621. The van der Waals surface area contributed by atoms with Gasteiger partial charge in [0.25, 0.3) is 5.56 Å². The van der Waals surface area contributed by atoms with Gasteiger partial charge in [0.15, 0.2) is 11.5 Å². The summed E-state index contributed by atoms with van der Waals surface area (Å²) < 4.78 is 1.71. The van der Waals surface area contributed by atoms with Gasteiger partial charge >= 0.3 is 0 Å². The average Bonchev–Trinajstić information content (AvgIpc) is 3.34. The minimum atomic E-state index is -0.134. The van der Waals surface area contributed by atoms with Crippen molar-refractivity contribution in [3.05, 3.63) is 64.6 Å². The fraction of sp³-hybridized carbons (Fsp3) is 0.440. The van der Waals surface area contributed by atoms with Crippen molar-refractivity contribution in [3.63, 3.8) is 0 Å². The van der Waals surface area contributed by atoms with Crippen LogP contribution in [0.3, 0.4) is 0 Å². The minimum Gasteiger partial charge on any atom is -0.348 e. The van der Waals surface area contributed by atoms with Gasteiger partial charge in [-0.2, -0.15) is 0 Å². The molecule has 1 amide bonds. The van der Waals surface area contributed by atoms with Gasteiger partial charge in [0, 0.05) is 38.8 Å². The molecule has 1 aliphatic heterocycles. The second kappa shape index (κ2) is 9.10. The Morgan fingerprint density at radius 2 is 1.72 bits per heavy atom. The van der Waals surface area contributed by atoms with Crippen molar-refractivity contribution in [1.29, 1.82) is 0 Å². The molecule has 32 heavy (non-hydrogen) atoms. The monoisotopic (exact) mass is 431 g/mol. The molecule has 0 bridgehead atoms. The van der Waals surface area contributed by atoms with Crippen LogP contribution in [0.4, 0.5) is 5.82 Å². The van der Waals surface area contributed by atoms with Gasteiger partial charge in [0.05, 0.1) is 6.54 Å². The van der Waals surface area contributed by atoms with Crippen LogP contribution in [0.15, 0.2) is 53.5 Å². The van der Waals surface area contributed by atoms with Gasteiger partial charge in [0.2, 0.25) is 5.91 Å². The highest BCUT2D eigenvalue weighted by Crippen LogP contribution is 2.28. The molecule has 1 aromatic carbocycles. The van der Waals surface area contributed by atoms with Crippen LogP contribution < -0.4 is 10.5 Å². The standard InChI is InChI=1S/C25H29N5O2/c31-22(17-19-7-4-5-8-19)28-13-15-29(16-14-28)24-25(32)30(18-20-9-2-1-3-10-20)23-21(27-24)11-6-12-26-23/h1-3,6,9-12,19H,4-5,7-8,13-18H2. The van der Waals surface area contributed by atoms with E-state index in [1.807, 2.05) is 52.3 Å². The third kappa shape index (κ3) is 4.24. The summed E-state index contributed by atoms with van der Waals surface area (Å²) in [7, 11) is 0. The zero-order valence-corrected chi connectivity index (χ0v) is 18.3. The fourth-order valence-corrected chi connectivity index (χ4v) is 4.94. The van der Waals surface area contributed by atoms with Crippen molar-refractivity contribution in [1.82, 2.24) is 19.4 Å². The number of hydrogen-bond acceptors (Lipinski definition) is 5. The lowest BCUT2D eigenvalue weighted by Gasteiger charge is -2.35. The number of benzene rings is 1. The number of fused-ring (bicyclic) bond motifs is 1. The molecule has 3 aromatic rings. The van der Waals surface area contributed by atoms with Crippen LogP contribution in [-0.2, 0) is 11.3 Å². The van der Waals surface area contributed by atoms with Crippen molar-refractivity contribution >= 4 is 22.9 Å². The number of carbonyl (C=O) groups excluding carboxylic acids is 1. The number of rotatable bonds is 5. The molecule has 0 atom stereocenters. The van der Waals surface area contributed by atoms with E-state index in [1.165, 1.54) is 25.7 Å². The number of carbonyl (C=O) groups is 1.